The number of nitrogens with one attached hydrogen (secondary N) is 1. The molecule has 0 saturated carbocycles. The molecule has 0 aliphatic rings. The van der Waals surface area contributed by atoms with Crippen LogP contribution in [0, 0.1) is 6.92 Å². The first-order valence-electron chi connectivity index (χ1n) is 5.01. The summed E-state index contributed by atoms with van der Waals surface area (Å²) >= 11 is 1.68. The molecule has 0 bridgehead atoms. The fourth-order valence-corrected chi connectivity index (χ4v) is 2.03. The molecule has 15 heavy (non-hydrogen) atoms. The van der Waals surface area contributed by atoms with Crippen molar-refractivity contribution in [1.29, 1.82) is 0 Å². The standard InChI is InChI=1S/C11H17NO2S/c1-8(2)14-11(13)5-12-4-10-7-15-6-9(10)3/h6-8,12H,4-5H2,1-3H3. The highest BCUT2D eigenvalue weighted by Crippen LogP contribution is 2.12. The summed E-state index contributed by atoms with van der Waals surface area (Å²) in [6.07, 6.45) is -0.0396. The van der Waals surface area contributed by atoms with Gasteiger partial charge in [0.2, 0.25) is 0 Å². The predicted molar refractivity (Wildman–Crippen MR) is 62.0 cm³/mol. The van der Waals surface area contributed by atoms with Gasteiger partial charge in [0, 0.05) is 6.54 Å². The lowest BCUT2D eigenvalue weighted by atomic mass is 10.2. The Hall–Kier alpha value is -0.870. The Balaban J connectivity index is 2.22. The number of hydrogen-bond donors (Lipinski definition) is 1. The van der Waals surface area contributed by atoms with Crippen LogP contribution in [-0.2, 0) is 16.1 Å². The minimum Gasteiger partial charge on any atom is -0.462 e. The van der Waals surface area contributed by atoms with E-state index < -0.39 is 0 Å². The monoisotopic (exact) mass is 227 g/mol. The van der Waals surface area contributed by atoms with Gasteiger partial charge in [-0.1, -0.05) is 0 Å². The Morgan fingerprint density at radius 2 is 2.27 bits per heavy atom. The number of thiophene rings is 1. The Morgan fingerprint density at radius 3 is 2.80 bits per heavy atom. The van der Waals surface area contributed by atoms with Gasteiger partial charge >= 0.3 is 5.97 Å². The lowest BCUT2D eigenvalue weighted by Crippen LogP contribution is -2.26. The third-order valence-corrected chi connectivity index (χ3v) is 2.82. The summed E-state index contributed by atoms with van der Waals surface area (Å²) in [5, 5.41) is 7.26. The van der Waals surface area contributed by atoms with Crippen LogP contribution in [0.3, 0.4) is 0 Å². The van der Waals surface area contributed by atoms with Gasteiger partial charge in [-0.15, -0.1) is 0 Å². The van der Waals surface area contributed by atoms with Crippen molar-refractivity contribution < 1.29 is 9.53 Å². The van der Waals surface area contributed by atoms with Gasteiger partial charge in [-0.3, -0.25) is 4.79 Å². The van der Waals surface area contributed by atoms with Gasteiger partial charge in [0.05, 0.1) is 12.6 Å². The molecule has 0 saturated heterocycles. The van der Waals surface area contributed by atoms with Crippen molar-refractivity contribution in [2.24, 2.45) is 0 Å². The van der Waals surface area contributed by atoms with Crippen molar-refractivity contribution >= 4 is 17.3 Å². The van der Waals surface area contributed by atoms with Gasteiger partial charge < -0.3 is 10.1 Å². The van der Waals surface area contributed by atoms with Crippen LogP contribution in [0.5, 0.6) is 0 Å². The highest BCUT2D eigenvalue weighted by molar-refractivity contribution is 7.08. The number of carbonyl (C=O) groups excluding carboxylic acids is 1. The average molecular weight is 227 g/mol. The van der Waals surface area contributed by atoms with Crippen LogP contribution in [-0.4, -0.2) is 18.6 Å². The van der Waals surface area contributed by atoms with E-state index in [9.17, 15) is 4.79 Å². The third-order valence-electron chi connectivity index (χ3n) is 1.91. The summed E-state index contributed by atoms with van der Waals surface area (Å²) in [4.78, 5) is 11.2. The van der Waals surface area contributed by atoms with E-state index in [-0.39, 0.29) is 18.6 Å². The molecular weight excluding hydrogens is 210 g/mol. The molecule has 1 N–H and O–H groups in total. The van der Waals surface area contributed by atoms with Gasteiger partial charge in [-0.05, 0) is 42.7 Å². The second kappa shape index (κ2) is 5.88. The second-order valence-corrected chi connectivity index (χ2v) is 4.47. The number of carbonyl (C=O) groups is 1. The smallest absolute Gasteiger partial charge is 0.320 e. The van der Waals surface area contributed by atoms with E-state index in [4.69, 9.17) is 4.74 Å². The van der Waals surface area contributed by atoms with Crippen molar-refractivity contribution in [3.05, 3.63) is 21.9 Å². The van der Waals surface area contributed by atoms with Crippen molar-refractivity contribution in [3.8, 4) is 0 Å². The molecule has 0 amide bonds. The molecule has 3 nitrogen and oxygen atoms in total. The number of ether oxygens (including phenoxy) is 1. The fourth-order valence-electron chi connectivity index (χ4n) is 1.17. The first-order valence-corrected chi connectivity index (χ1v) is 5.95. The highest BCUT2D eigenvalue weighted by atomic mass is 32.1. The molecule has 0 atom stereocenters. The fraction of sp³-hybridized carbons (Fsp3) is 0.545. The molecule has 1 aromatic rings. The van der Waals surface area contributed by atoms with Crippen LogP contribution in [0.2, 0.25) is 0 Å². The summed E-state index contributed by atoms with van der Waals surface area (Å²) in [6.45, 7) is 6.76. The van der Waals surface area contributed by atoms with Crippen molar-refractivity contribution in [2.75, 3.05) is 6.54 Å². The minimum atomic E-state index is -0.196. The van der Waals surface area contributed by atoms with Gasteiger partial charge in [-0.2, -0.15) is 11.3 Å². The molecular formula is C11H17NO2S. The minimum absolute atomic E-state index is 0.0396. The van der Waals surface area contributed by atoms with Crippen LogP contribution < -0.4 is 5.32 Å². The Bertz CT molecular complexity index is 320. The molecule has 0 unspecified atom stereocenters. The normalized spacial score (nSPS) is 10.7. The molecule has 0 aliphatic carbocycles. The Kier molecular flexibility index (Phi) is 4.78. The Labute approximate surface area is 94.5 Å². The van der Waals surface area contributed by atoms with E-state index >= 15 is 0 Å². The molecule has 4 heteroatoms. The molecule has 1 aromatic heterocycles. The quantitative estimate of drug-likeness (QED) is 0.783. The zero-order valence-electron chi connectivity index (χ0n) is 9.37. The van der Waals surface area contributed by atoms with Crippen molar-refractivity contribution in [3.63, 3.8) is 0 Å². The maximum Gasteiger partial charge on any atom is 0.320 e. The molecule has 1 heterocycles. The van der Waals surface area contributed by atoms with E-state index in [1.54, 1.807) is 11.3 Å². The van der Waals surface area contributed by atoms with E-state index in [0.29, 0.717) is 0 Å². The summed E-state index contributed by atoms with van der Waals surface area (Å²) in [6, 6.07) is 0. The molecule has 1 rings (SSSR count). The van der Waals surface area contributed by atoms with E-state index in [1.807, 2.05) is 13.8 Å². The van der Waals surface area contributed by atoms with Crippen molar-refractivity contribution in [2.45, 2.75) is 33.4 Å². The topological polar surface area (TPSA) is 38.3 Å². The zero-order valence-corrected chi connectivity index (χ0v) is 10.2. The largest absolute Gasteiger partial charge is 0.462 e. The summed E-state index contributed by atoms with van der Waals surface area (Å²) in [7, 11) is 0. The third kappa shape index (κ3) is 4.44. The molecule has 0 fully saturated rings. The SMILES string of the molecule is Cc1cscc1CNCC(=O)OC(C)C. The van der Waals surface area contributed by atoms with E-state index in [0.717, 1.165) is 6.54 Å². The average Bonchev–Trinajstić information content (AvgIpc) is 2.50. The van der Waals surface area contributed by atoms with Crippen LogP contribution in [0.25, 0.3) is 0 Å². The first kappa shape index (κ1) is 12.2. The van der Waals surface area contributed by atoms with E-state index in [1.165, 1.54) is 11.1 Å². The lowest BCUT2D eigenvalue weighted by molar-refractivity contribution is -0.146. The summed E-state index contributed by atoms with van der Waals surface area (Å²) < 4.78 is 5.00. The maximum atomic E-state index is 11.2. The summed E-state index contributed by atoms with van der Waals surface area (Å²) in [5.41, 5.74) is 2.52. The zero-order chi connectivity index (χ0) is 11.3. The van der Waals surface area contributed by atoms with Crippen LogP contribution in [0.4, 0.5) is 0 Å². The predicted octanol–water partition coefficient (Wildman–Crippen LogP) is 2.10. The van der Waals surface area contributed by atoms with Gasteiger partial charge in [0.25, 0.3) is 0 Å². The van der Waals surface area contributed by atoms with Gasteiger partial charge in [0.1, 0.15) is 0 Å². The van der Waals surface area contributed by atoms with Crippen LogP contribution in [0.1, 0.15) is 25.0 Å². The molecule has 0 spiro atoms. The lowest BCUT2D eigenvalue weighted by Gasteiger charge is -2.08. The van der Waals surface area contributed by atoms with E-state index in [2.05, 4.69) is 23.0 Å². The van der Waals surface area contributed by atoms with Gasteiger partial charge in [-0.25, -0.2) is 0 Å². The number of aryl methyl sites for hydroxylation is 1. The second-order valence-electron chi connectivity index (χ2n) is 3.72. The summed E-state index contributed by atoms with van der Waals surface area (Å²) in [5.74, 6) is -0.196. The first-order chi connectivity index (χ1) is 7.09. The van der Waals surface area contributed by atoms with Crippen LogP contribution >= 0.6 is 11.3 Å². The number of rotatable bonds is 5. The van der Waals surface area contributed by atoms with Crippen molar-refractivity contribution in [1.82, 2.24) is 5.32 Å². The molecule has 0 aromatic carbocycles. The number of hydrogen-bond acceptors (Lipinski definition) is 4. The number of esters is 1. The Morgan fingerprint density at radius 1 is 1.53 bits per heavy atom. The van der Waals surface area contributed by atoms with Crippen LogP contribution in [0.15, 0.2) is 10.8 Å². The van der Waals surface area contributed by atoms with Gasteiger partial charge in [0.15, 0.2) is 0 Å². The molecule has 0 radical (unpaired) electrons. The maximum absolute atomic E-state index is 11.2. The highest BCUT2D eigenvalue weighted by Gasteiger charge is 2.05. The molecule has 84 valence electrons. The molecule has 0 aliphatic heterocycles.